The van der Waals surface area contributed by atoms with Crippen LogP contribution in [0.5, 0.6) is 5.75 Å². The molecule has 0 unspecified atom stereocenters. The van der Waals surface area contributed by atoms with Crippen LogP contribution in [0.3, 0.4) is 0 Å². The minimum absolute atomic E-state index is 0.0509. The van der Waals surface area contributed by atoms with E-state index >= 15 is 0 Å². The largest absolute Gasteiger partial charge is 0.482 e. The molecule has 0 aliphatic carbocycles. The molecule has 0 saturated heterocycles. The molecule has 1 heterocycles. The first-order chi connectivity index (χ1) is 16.8. The van der Waals surface area contributed by atoms with Gasteiger partial charge in [-0.05, 0) is 55.8 Å². The van der Waals surface area contributed by atoms with Crippen molar-refractivity contribution < 1.29 is 17.9 Å². The number of ether oxygens (including phenoxy) is 1. The summed E-state index contributed by atoms with van der Waals surface area (Å²) in [5.74, 6) is -0.117. The van der Waals surface area contributed by atoms with Crippen molar-refractivity contribution in [3.05, 3.63) is 65.7 Å². The zero-order chi connectivity index (χ0) is 25.0. The highest BCUT2D eigenvalue weighted by molar-refractivity contribution is 7.89. The number of fused-ring (bicyclic) bond motifs is 3. The zero-order valence-electron chi connectivity index (χ0n) is 19.7. The summed E-state index contributed by atoms with van der Waals surface area (Å²) in [7, 11) is -3.65. The highest BCUT2D eigenvalue weighted by atomic mass is 35.5. The Kier molecular flexibility index (Phi) is 7.64. The van der Waals surface area contributed by atoms with Crippen molar-refractivity contribution in [2.45, 2.75) is 38.1 Å². The number of para-hydroxylation sites is 1. The molecule has 0 fully saturated rings. The van der Waals surface area contributed by atoms with Crippen molar-refractivity contribution in [2.24, 2.45) is 0 Å². The van der Waals surface area contributed by atoms with Gasteiger partial charge in [-0.25, -0.2) is 13.1 Å². The second kappa shape index (κ2) is 10.7. The molecule has 1 aromatic heterocycles. The van der Waals surface area contributed by atoms with Gasteiger partial charge in [0.05, 0.1) is 9.92 Å². The van der Waals surface area contributed by atoms with Gasteiger partial charge >= 0.3 is 0 Å². The number of hydrogen-bond donors (Lipinski definition) is 2. The number of rotatable bonds is 10. The molecule has 9 heteroatoms. The number of unbranched alkanes of at least 4 members (excludes halogenated alkanes) is 1. The van der Waals surface area contributed by atoms with E-state index in [0.29, 0.717) is 12.2 Å². The fourth-order valence-electron chi connectivity index (χ4n) is 4.04. The number of benzene rings is 3. The molecule has 0 aliphatic heterocycles. The number of nitrogens with one attached hydrogen (secondary N) is 2. The average Bonchev–Trinajstić information content (AvgIpc) is 3.16. The Bertz CT molecular complexity index is 1480. The van der Waals surface area contributed by atoms with Gasteiger partial charge in [0, 0.05) is 40.6 Å². The normalized spacial score (nSPS) is 11.7. The number of halogens is 1. The van der Waals surface area contributed by atoms with E-state index in [0.717, 1.165) is 41.2 Å². The lowest BCUT2D eigenvalue weighted by Gasteiger charge is -2.11. The lowest BCUT2D eigenvalue weighted by molar-refractivity contribution is -0.118. The quantitative estimate of drug-likeness (QED) is 0.271. The number of aryl methyl sites for hydroxylation is 1. The predicted octanol–water partition coefficient (Wildman–Crippen LogP) is 5.56. The van der Waals surface area contributed by atoms with Gasteiger partial charge in [0.25, 0.3) is 5.91 Å². The van der Waals surface area contributed by atoms with Crippen LogP contribution in [-0.2, 0) is 21.4 Å². The number of nitrogens with zero attached hydrogens (tertiary/aromatic N) is 1. The van der Waals surface area contributed by atoms with Crippen LogP contribution in [0.1, 0.15) is 26.7 Å². The minimum Gasteiger partial charge on any atom is -0.482 e. The fraction of sp³-hybridized carbons (Fsp3) is 0.269. The van der Waals surface area contributed by atoms with Crippen molar-refractivity contribution in [3.63, 3.8) is 0 Å². The summed E-state index contributed by atoms with van der Waals surface area (Å²) in [6.45, 7) is 5.03. The maximum atomic E-state index is 12.5. The average molecular weight is 514 g/mol. The summed E-state index contributed by atoms with van der Waals surface area (Å²) < 4.78 is 35.0. The molecule has 35 heavy (non-hydrogen) atoms. The first-order valence-corrected chi connectivity index (χ1v) is 13.4. The van der Waals surface area contributed by atoms with Crippen LogP contribution in [0.4, 0.5) is 5.69 Å². The van der Waals surface area contributed by atoms with Gasteiger partial charge in [0.2, 0.25) is 10.0 Å². The molecule has 0 spiro atoms. The van der Waals surface area contributed by atoms with Crippen molar-refractivity contribution in [1.29, 1.82) is 0 Å². The number of hydrogen-bond acceptors (Lipinski definition) is 4. The smallest absolute Gasteiger partial charge is 0.262 e. The van der Waals surface area contributed by atoms with Crippen LogP contribution in [0, 0.1) is 0 Å². The van der Waals surface area contributed by atoms with Crippen LogP contribution >= 0.6 is 11.6 Å². The fourth-order valence-corrected chi connectivity index (χ4v) is 5.44. The zero-order valence-corrected chi connectivity index (χ0v) is 21.2. The SMILES string of the molecule is CCCCNS(=O)(=O)c1ccc(OCC(=O)Nc2ccc3c(c2)c2ccccc2n3CC)c(Cl)c1. The number of anilines is 1. The number of aromatic nitrogens is 1. The third-order valence-electron chi connectivity index (χ3n) is 5.77. The number of carbonyl (C=O) groups excluding carboxylic acids is 1. The number of sulfonamides is 1. The summed E-state index contributed by atoms with van der Waals surface area (Å²) in [6, 6.07) is 18.2. The highest BCUT2D eigenvalue weighted by Crippen LogP contribution is 2.31. The Morgan fingerprint density at radius 1 is 1.00 bits per heavy atom. The standard InChI is InChI=1S/C26H28ClN3O4S/c1-3-5-14-28-35(32,33)19-11-13-25(22(27)16-19)34-17-26(31)29-18-10-12-24-21(15-18)20-8-6-7-9-23(20)30(24)4-2/h6-13,15-16,28H,3-5,14,17H2,1-2H3,(H,29,31). The summed E-state index contributed by atoms with van der Waals surface area (Å²) in [5, 5.41) is 5.16. The molecule has 3 aromatic carbocycles. The lowest BCUT2D eigenvalue weighted by Crippen LogP contribution is -2.24. The van der Waals surface area contributed by atoms with Gasteiger partial charge in [-0.3, -0.25) is 4.79 Å². The lowest BCUT2D eigenvalue weighted by atomic mass is 10.1. The molecule has 0 radical (unpaired) electrons. The second-order valence-corrected chi connectivity index (χ2v) is 10.3. The molecular formula is C26H28ClN3O4S. The van der Waals surface area contributed by atoms with Crippen molar-refractivity contribution in [1.82, 2.24) is 9.29 Å². The Morgan fingerprint density at radius 2 is 1.77 bits per heavy atom. The van der Waals surface area contributed by atoms with Gasteiger partial charge in [-0.15, -0.1) is 0 Å². The minimum atomic E-state index is -3.65. The van der Waals surface area contributed by atoms with Crippen LogP contribution in [0.25, 0.3) is 21.8 Å². The topological polar surface area (TPSA) is 89.4 Å². The Labute approximate surface area is 210 Å². The molecule has 4 rings (SSSR count). The van der Waals surface area contributed by atoms with Crippen LogP contribution in [-0.4, -0.2) is 32.0 Å². The molecule has 184 valence electrons. The monoisotopic (exact) mass is 513 g/mol. The van der Waals surface area contributed by atoms with Gasteiger partial charge in [0.15, 0.2) is 6.61 Å². The van der Waals surface area contributed by atoms with E-state index in [1.165, 1.54) is 18.2 Å². The van der Waals surface area contributed by atoms with E-state index in [1.807, 2.05) is 37.3 Å². The number of amides is 1. The Hall–Kier alpha value is -3.07. The summed E-state index contributed by atoms with van der Waals surface area (Å²) in [4.78, 5) is 12.6. The maximum absolute atomic E-state index is 12.5. The van der Waals surface area contributed by atoms with E-state index in [4.69, 9.17) is 16.3 Å². The first kappa shape index (κ1) is 25.0. The summed E-state index contributed by atoms with van der Waals surface area (Å²) in [5.41, 5.74) is 2.92. The van der Waals surface area contributed by atoms with Crippen LogP contribution in [0.15, 0.2) is 65.6 Å². The van der Waals surface area contributed by atoms with Gasteiger partial charge < -0.3 is 14.6 Å². The Balaban J connectivity index is 1.43. The molecule has 0 atom stereocenters. The molecule has 1 amide bonds. The molecule has 7 nitrogen and oxygen atoms in total. The van der Waals surface area contributed by atoms with Crippen molar-refractivity contribution in [2.75, 3.05) is 18.5 Å². The van der Waals surface area contributed by atoms with Crippen LogP contribution in [0.2, 0.25) is 5.02 Å². The van der Waals surface area contributed by atoms with Crippen LogP contribution < -0.4 is 14.8 Å². The van der Waals surface area contributed by atoms with Gasteiger partial charge in [-0.1, -0.05) is 43.1 Å². The number of carbonyl (C=O) groups is 1. The highest BCUT2D eigenvalue weighted by Gasteiger charge is 2.16. The summed E-state index contributed by atoms with van der Waals surface area (Å²) >= 11 is 6.23. The molecule has 0 aliphatic rings. The van der Waals surface area contributed by atoms with Gasteiger partial charge in [-0.2, -0.15) is 0 Å². The second-order valence-electron chi connectivity index (χ2n) is 8.17. The molecule has 4 aromatic rings. The van der Waals surface area contributed by atoms with Crippen molar-refractivity contribution >= 4 is 55.0 Å². The molecular weight excluding hydrogens is 486 g/mol. The third kappa shape index (κ3) is 5.45. The van der Waals surface area contributed by atoms with Gasteiger partial charge in [0.1, 0.15) is 5.75 Å². The van der Waals surface area contributed by atoms with E-state index in [9.17, 15) is 13.2 Å². The molecule has 0 bridgehead atoms. The van der Waals surface area contributed by atoms with E-state index < -0.39 is 10.0 Å². The predicted molar refractivity (Wildman–Crippen MR) is 141 cm³/mol. The maximum Gasteiger partial charge on any atom is 0.262 e. The summed E-state index contributed by atoms with van der Waals surface area (Å²) in [6.07, 6.45) is 1.63. The Morgan fingerprint density at radius 3 is 2.51 bits per heavy atom. The molecule has 0 saturated carbocycles. The molecule has 2 N–H and O–H groups in total. The first-order valence-electron chi connectivity index (χ1n) is 11.6. The van der Waals surface area contributed by atoms with E-state index in [2.05, 4.69) is 33.7 Å². The van der Waals surface area contributed by atoms with Crippen molar-refractivity contribution in [3.8, 4) is 5.75 Å². The third-order valence-corrected chi connectivity index (χ3v) is 7.52. The van der Waals surface area contributed by atoms with E-state index in [1.54, 1.807) is 0 Å². The van der Waals surface area contributed by atoms with E-state index in [-0.39, 0.29) is 28.2 Å².